The molecular formula is C20H22N2O2S. The Kier molecular flexibility index (Phi) is 5.66. The van der Waals surface area contributed by atoms with E-state index in [9.17, 15) is 4.79 Å². The van der Waals surface area contributed by atoms with Crippen LogP contribution in [0, 0.1) is 4.84 Å². The van der Waals surface area contributed by atoms with E-state index in [1.54, 1.807) is 0 Å². The Morgan fingerprint density at radius 1 is 1.16 bits per heavy atom. The number of aryl methyl sites for hydroxylation is 2. The number of fused-ring (bicyclic) bond motifs is 1. The Balaban J connectivity index is 1.50. The van der Waals surface area contributed by atoms with Crippen LogP contribution in [-0.4, -0.2) is 16.5 Å². The molecule has 0 aliphatic heterocycles. The van der Waals surface area contributed by atoms with Crippen molar-refractivity contribution < 1.29 is 9.21 Å². The van der Waals surface area contributed by atoms with Gasteiger partial charge in [-0.05, 0) is 49.7 Å². The third-order valence-electron chi connectivity index (χ3n) is 4.25. The van der Waals surface area contributed by atoms with Gasteiger partial charge in [-0.15, -0.1) is 0 Å². The number of rotatable bonds is 7. The van der Waals surface area contributed by atoms with Gasteiger partial charge in [-0.25, -0.2) is 0 Å². The summed E-state index contributed by atoms with van der Waals surface area (Å²) in [6.07, 6.45) is 2.26. The third kappa shape index (κ3) is 4.57. The summed E-state index contributed by atoms with van der Waals surface area (Å²) in [6.45, 7) is 2.56. The van der Waals surface area contributed by atoms with Crippen LogP contribution < -0.4 is 5.32 Å². The molecule has 0 aliphatic carbocycles. The Morgan fingerprint density at radius 3 is 2.68 bits per heavy atom. The first-order valence-electron chi connectivity index (χ1n) is 8.55. The highest BCUT2D eigenvalue weighted by molar-refractivity contribution is 7.71. The molecule has 0 saturated heterocycles. The molecular weight excluding hydrogens is 332 g/mol. The Hall–Kier alpha value is -2.40. The van der Waals surface area contributed by atoms with E-state index < -0.39 is 0 Å². The molecule has 0 spiro atoms. The van der Waals surface area contributed by atoms with Gasteiger partial charge >= 0.3 is 0 Å². The largest absolute Gasteiger partial charge is 0.429 e. The van der Waals surface area contributed by atoms with Gasteiger partial charge in [-0.1, -0.05) is 42.5 Å². The zero-order valence-electron chi connectivity index (χ0n) is 14.3. The third-order valence-corrected chi connectivity index (χ3v) is 4.56. The molecule has 0 saturated carbocycles. The molecule has 0 bridgehead atoms. The predicted molar refractivity (Wildman–Crippen MR) is 102 cm³/mol. The highest BCUT2D eigenvalue weighted by Crippen LogP contribution is 2.17. The molecule has 1 heterocycles. The first-order chi connectivity index (χ1) is 12.1. The van der Waals surface area contributed by atoms with Crippen LogP contribution in [-0.2, 0) is 17.8 Å². The second-order valence-electron chi connectivity index (χ2n) is 6.23. The highest BCUT2D eigenvalue weighted by Gasteiger charge is 2.10. The van der Waals surface area contributed by atoms with E-state index in [-0.39, 0.29) is 11.9 Å². The summed E-state index contributed by atoms with van der Waals surface area (Å²) < 4.78 is 7.42. The van der Waals surface area contributed by atoms with E-state index in [2.05, 4.69) is 17.4 Å². The quantitative estimate of drug-likeness (QED) is 0.636. The van der Waals surface area contributed by atoms with Crippen LogP contribution >= 0.6 is 12.2 Å². The van der Waals surface area contributed by atoms with Crippen LogP contribution in [0.2, 0.25) is 0 Å². The van der Waals surface area contributed by atoms with E-state index >= 15 is 0 Å². The van der Waals surface area contributed by atoms with Gasteiger partial charge in [0.05, 0.1) is 5.52 Å². The molecule has 3 aromatic rings. The molecule has 4 nitrogen and oxygen atoms in total. The normalized spacial score (nSPS) is 12.2. The van der Waals surface area contributed by atoms with Gasteiger partial charge in [0.15, 0.2) is 5.58 Å². The van der Waals surface area contributed by atoms with Crippen molar-refractivity contribution in [1.29, 1.82) is 0 Å². The molecule has 5 heteroatoms. The van der Waals surface area contributed by atoms with Gasteiger partial charge in [0.25, 0.3) is 4.84 Å². The average molecular weight is 354 g/mol. The van der Waals surface area contributed by atoms with Crippen molar-refractivity contribution in [3.63, 3.8) is 0 Å². The topological polar surface area (TPSA) is 47.2 Å². The van der Waals surface area contributed by atoms with Gasteiger partial charge in [-0.2, -0.15) is 0 Å². The number of nitrogens with zero attached hydrogens (tertiary/aromatic N) is 1. The predicted octanol–water partition coefficient (Wildman–Crippen LogP) is 4.49. The van der Waals surface area contributed by atoms with Crippen molar-refractivity contribution in [3.8, 4) is 0 Å². The highest BCUT2D eigenvalue weighted by atomic mass is 32.1. The van der Waals surface area contributed by atoms with Gasteiger partial charge in [0, 0.05) is 19.0 Å². The van der Waals surface area contributed by atoms with Crippen LogP contribution in [0.25, 0.3) is 11.1 Å². The second kappa shape index (κ2) is 8.12. The molecule has 1 N–H and O–H groups in total. The SMILES string of the molecule is C[C@H](CCc1ccccc1)NC(=O)CCn1c(=S)oc2ccccc21. The minimum atomic E-state index is 0.0349. The fraction of sp³-hybridized carbons (Fsp3) is 0.300. The summed E-state index contributed by atoms with van der Waals surface area (Å²) in [5, 5.41) is 3.06. The summed E-state index contributed by atoms with van der Waals surface area (Å²) in [7, 11) is 0. The number of nitrogens with one attached hydrogen (secondary N) is 1. The summed E-state index contributed by atoms with van der Waals surface area (Å²) in [6, 6.07) is 18.1. The molecule has 3 rings (SSSR count). The monoisotopic (exact) mass is 354 g/mol. The van der Waals surface area contributed by atoms with Crippen molar-refractivity contribution in [2.75, 3.05) is 0 Å². The molecule has 1 aromatic heterocycles. The van der Waals surface area contributed by atoms with E-state index in [0.29, 0.717) is 17.8 Å². The number of amides is 1. The minimum Gasteiger partial charge on any atom is -0.429 e. The van der Waals surface area contributed by atoms with Crippen molar-refractivity contribution in [2.24, 2.45) is 0 Å². The lowest BCUT2D eigenvalue weighted by atomic mass is 10.1. The molecule has 0 aliphatic rings. The Labute approximate surface area is 152 Å². The van der Waals surface area contributed by atoms with E-state index in [0.717, 1.165) is 23.9 Å². The van der Waals surface area contributed by atoms with Crippen LogP contribution in [0.3, 0.4) is 0 Å². The lowest BCUT2D eigenvalue weighted by Crippen LogP contribution is -2.33. The molecule has 1 amide bonds. The number of carbonyl (C=O) groups excluding carboxylic acids is 1. The average Bonchev–Trinajstić information content (AvgIpc) is 2.94. The fourth-order valence-corrected chi connectivity index (χ4v) is 3.17. The maximum Gasteiger partial charge on any atom is 0.269 e. The molecule has 25 heavy (non-hydrogen) atoms. The lowest BCUT2D eigenvalue weighted by molar-refractivity contribution is -0.121. The lowest BCUT2D eigenvalue weighted by Gasteiger charge is -2.14. The van der Waals surface area contributed by atoms with Crippen LogP contribution in [0.1, 0.15) is 25.3 Å². The van der Waals surface area contributed by atoms with Crippen molar-refractivity contribution in [3.05, 3.63) is 65.0 Å². The van der Waals surface area contributed by atoms with Crippen molar-refractivity contribution in [1.82, 2.24) is 9.88 Å². The number of hydrogen-bond acceptors (Lipinski definition) is 3. The number of para-hydroxylation sites is 2. The summed E-state index contributed by atoms with van der Waals surface area (Å²) >= 11 is 5.25. The van der Waals surface area contributed by atoms with E-state index in [4.69, 9.17) is 16.6 Å². The fourth-order valence-electron chi connectivity index (χ4n) is 2.89. The second-order valence-corrected chi connectivity index (χ2v) is 6.58. The van der Waals surface area contributed by atoms with Gasteiger partial charge < -0.3 is 9.73 Å². The maximum atomic E-state index is 12.2. The first-order valence-corrected chi connectivity index (χ1v) is 8.96. The van der Waals surface area contributed by atoms with Crippen molar-refractivity contribution >= 4 is 29.2 Å². The maximum absolute atomic E-state index is 12.2. The number of benzene rings is 2. The number of aromatic nitrogens is 1. The van der Waals surface area contributed by atoms with E-state index in [1.807, 2.05) is 54.0 Å². The zero-order chi connectivity index (χ0) is 17.6. The number of oxazole rings is 1. The van der Waals surface area contributed by atoms with Gasteiger partial charge in [-0.3, -0.25) is 9.36 Å². The zero-order valence-corrected chi connectivity index (χ0v) is 15.1. The molecule has 0 unspecified atom stereocenters. The molecule has 0 fully saturated rings. The summed E-state index contributed by atoms with van der Waals surface area (Å²) in [5.41, 5.74) is 2.97. The van der Waals surface area contributed by atoms with Crippen LogP contribution in [0.4, 0.5) is 0 Å². The van der Waals surface area contributed by atoms with Gasteiger partial charge in [0.2, 0.25) is 5.91 Å². The molecule has 1 atom stereocenters. The number of hydrogen-bond donors (Lipinski definition) is 1. The summed E-state index contributed by atoms with van der Waals surface area (Å²) in [5.74, 6) is 0.0349. The van der Waals surface area contributed by atoms with Crippen molar-refractivity contribution in [2.45, 2.75) is 38.8 Å². The van der Waals surface area contributed by atoms with Gasteiger partial charge in [0.1, 0.15) is 0 Å². The first kappa shape index (κ1) is 17.4. The van der Waals surface area contributed by atoms with Crippen LogP contribution in [0.5, 0.6) is 0 Å². The standard InChI is InChI=1S/C20H22N2O2S/c1-15(11-12-16-7-3-2-4-8-16)21-19(23)13-14-22-17-9-5-6-10-18(17)24-20(22)25/h2-10,15H,11-14H2,1H3,(H,21,23)/t15-/m1/s1. The molecule has 0 radical (unpaired) electrons. The Morgan fingerprint density at radius 2 is 1.88 bits per heavy atom. The minimum absolute atomic E-state index is 0.0349. The Bertz CT molecular complexity index is 899. The number of carbonyl (C=O) groups is 1. The smallest absolute Gasteiger partial charge is 0.269 e. The summed E-state index contributed by atoms with van der Waals surface area (Å²) in [4.78, 5) is 12.6. The van der Waals surface area contributed by atoms with Crippen LogP contribution in [0.15, 0.2) is 59.0 Å². The molecule has 130 valence electrons. The molecule has 2 aromatic carbocycles. The van der Waals surface area contributed by atoms with E-state index in [1.165, 1.54) is 5.56 Å².